The number of aromatic amines is 1. The minimum Gasteiger partial charge on any atom is -0.463 e. The van der Waals surface area contributed by atoms with Crippen molar-refractivity contribution in [1.82, 2.24) is 19.7 Å². The van der Waals surface area contributed by atoms with Gasteiger partial charge in [-0.25, -0.2) is 4.98 Å². The van der Waals surface area contributed by atoms with Crippen molar-refractivity contribution in [3.63, 3.8) is 0 Å². The first kappa shape index (κ1) is 21.2. The molecule has 4 aromatic rings. The molecule has 33 heavy (non-hydrogen) atoms. The molecule has 1 amide bonds. The van der Waals surface area contributed by atoms with E-state index >= 15 is 0 Å². The molecule has 168 valence electrons. The topological polar surface area (TPSA) is 106 Å². The Morgan fingerprint density at radius 2 is 1.94 bits per heavy atom. The Labute approximate surface area is 194 Å². The van der Waals surface area contributed by atoms with Crippen molar-refractivity contribution in [3.8, 4) is 17.4 Å². The summed E-state index contributed by atoms with van der Waals surface area (Å²) in [5.74, 6) is 0.998. The lowest BCUT2D eigenvalue weighted by molar-refractivity contribution is -0.121. The number of amides is 1. The Kier molecular flexibility index (Phi) is 5.38. The number of nitrogens with one attached hydrogen (secondary N) is 2. The molecule has 0 atom stereocenters. The van der Waals surface area contributed by atoms with E-state index in [2.05, 4.69) is 20.4 Å². The zero-order valence-electron chi connectivity index (χ0n) is 18.0. The Bertz CT molecular complexity index is 1350. The minimum atomic E-state index is -0.669. The number of carbonyl (C=O) groups excluding carboxylic acids is 1. The number of anilines is 1. The van der Waals surface area contributed by atoms with Crippen LogP contribution in [0.15, 0.2) is 64.0 Å². The number of aryl methyl sites for hydroxylation is 1. The summed E-state index contributed by atoms with van der Waals surface area (Å²) in [5.41, 5.74) is 0.998. The monoisotopic (exact) mass is 463 g/mol. The number of carbonyl (C=O) groups is 1. The van der Waals surface area contributed by atoms with E-state index in [1.54, 1.807) is 31.4 Å². The van der Waals surface area contributed by atoms with Crippen LogP contribution in [0.2, 0.25) is 5.02 Å². The van der Waals surface area contributed by atoms with Gasteiger partial charge >= 0.3 is 0 Å². The van der Waals surface area contributed by atoms with Crippen LogP contribution in [-0.2, 0) is 10.2 Å². The average Bonchev–Trinajstić information content (AvgIpc) is 3.54. The summed E-state index contributed by atoms with van der Waals surface area (Å²) < 4.78 is 6.91. The van der Waals surface area contributed by atoms with Crippen LogP contribution in [0.3, 0.4) is 0 Å². The highest BCUT2D eigenvalue weighted by Gasteiger charge is 2.43. The number of benzene rings is 1. The van der Waals surface area contributed by atoms with Gasteiger partial charge in [0.25, 0.3) is 5.56 Å². The molecule has 0 radical (unpaired) electrons. The van der Waals surface area contributed by atoms with Crippen molar-refractivity contribution in [3.05, 3.63) is 81.4 Å². The van der Waals surface area contributed by atoms with Crippen LogP contribution < -0.4 is 10.9 Å². The highest BCUT2D eigenvalue weighted by molar-refractivity contribution is 6.30. The van der Waals surface area contributed by atoms with Gasteiger partial charge in [0.2, 0.25) is 11.9 Å². The second kappa shape index (κ2) is 8.37. The Hall–Kier alpha value is -3.65. The molecule has 8 nitrogen and oxygen atoms in total. The van der Waals surface area contributed by atoms with E-state index in [4.69, 9.17) is 16.0 Å². The van der Waals surface area contributed by atoms with E-state index < -0.39 is 5.41 Å². The normalized spacial score (nSPS) is 15.0. The third kappa shape index (κ3) is 3.98. The highest BCUT2D eigenvalue weighted by Crippen LogP contribution is 2.42. The van der Waals surface area contributed by atoms with E-state index in [-0.39, 0.29) is 17.4 Å². The lowest BCUT2D eigenvalue weighted by Crippen LogP contribution is -2.38. The maximum absolute atomic E-state index is 13.7. The first-order chi connectivity index (χ1) is 15.9. The number of rotatable bonds is 5. The molecule has 3 aromatic heterocycles. The summed E-state index contributed by atoms with van der Waals surface area (Å²) >= 11 is 6.08. The third-order valence-corrected chi connectivity index (χ3v) is 6.32. The van der Waals surface area contributed by atoms with Gasteiger partial charge in [-0.05, 0) is 49.6 Å². The van der Waals surface area contributed by atoms with Gasteiger partial charge in [-0.2, -0.15) is 9.78 Å². The number of furan rings is 1. The molecule has 0 unspecified atom stereocenters. The molecule has 1 saturated carbocycles. The number of hydrogen-bond donors (Lipinski definition) is 2. The molecule has 1 fully saturated rings. The van der Waals surface area contributed by atoms with E-state index in [1.807, 2.05) is 24.3 Å². The van der Waals surface area contributed by atoms with E-state index in [1.165, 1.54) is 10.7 Å². The van der Waals surface area contributed by atoms with Crippen LogP contribution >= 0.6 is 11.6 Å². The van der Waals surface area contributed by atoms with Crippen molar-refractivity contribution in [2.75, 3.05) is 5.32 Å². The fraction of sp³-hybridized carbons (Fsp3) is 0.250. The minimum absolute atomic E-state index is 0.135. The molecule has 0 aliphatic heterocycles. The van der Waals surface area contributed by atoms with Crippen molar-refractivity contribution in [2.45, 2.75) is 38.0 Å². The molecule has 2 N–H and O–H groups in total. The Morgan fingerprint density at radius 1 is 1.18 bits per heavy atom. The zero-order chi connectivity index (χ0) is 23.0. The molecule has 0 bridgehead atoms. The fourth-order valence-electron chi connectivity index (χ4n) is 4.47. The van der Waals surface area contributed by atoms with Crippen LogP contribution in [0.1, 0.15) is 36.9 Å². The number of halogens is 1. The lowest BCUT2D eigenvalue weighted by atomic mass is 9.78. The van der Waals surface area contributed by atoms with E-state index in [0.717, 1.165) is 31.2 Å². The predicted octanol–water partition coefficient (Wildman–Crippen LogP) is 4.63. The zero-order valence-corrected chi connectivity index (χ0v) is 18.7. The van der Waals surface area contributed by atoms with Gasteiger partial charge in [0.15, 0.2) is 5.76 Å². The fourth-order valence-corrected chi connectivity index (χ4v) is 4.60. The standard InChI is InChI=1S/C24H22ClN5O3/c1-15-13-21(31)28-23(26-15)30-20(14-18(29-30)19-5-4-12-33-19)27-22(32)24(10-2-3-11-24)16-6-8-17(25)9-7-16/h4-9,12-14H,2-3,10-11H2,1H3,(H,27,32)(H,26,28,31). The van der Waals surface area contributed by atoms with Crippen molar-refractivity contribution < 1.29 is 9.21 Å². The number of H-pyrrole nitrogens is 1. The van der Waals surface area contributed by atoms with Crippen molar-refractivity contribution in [2.24, 2.45) is 0 Å². The van der Waals surface area contributed by atoms with Crippen molar-refractivity contribution in [1.29, 1.82) is 0 Å². The Balaban J connectivity index is 1.57. The van der Waals surface area contributed by atoms with Crippen LogP contribution in [-0.4, -0.2) is 25.7 Å². The molecule has 9 heteroatoms. The SMILES string of the molecule is Cc1cc(=O)[nH]c(-n2nc(-c3ccco3)cc2NC(=O)C2(c3ccc(Cl)cc3)CCCC2)n1. The number of hydrogen-bond acceptors (Lipinski definition) is 5. The van der Waals surface area contributed by atoms with Crippen LogP contribution in [0.25, 0.3) is 17.4 Å². The van der Waals surface area contributed by atoms with Crippen LogP contribution in [0.4, 0.5) is 5.82 Å². The highest BCUT2D eigenvalue weighted by atomic mass is 35.5. The lowest BCUT2D eigenvalue weighted by Gasteiger charge is -2.28. The molecule has 1 aromatic carbocycles. The molecule has 1 aliphatic rings. The first-order valence-corrected chi connectivity index (χ1v) is 11.1. The molecule has 1 aliphatic carbocycles. The van der Waals surface area contributed by atoms with Crippen molar-refractivity contribution >= 4 is 23.3 Å². The average molecular weight is 464 g/mol. The van der Waals surface area contributed by atoms with Gasteiger partial charge in [-0.1, -0.05) is 36.6 Å². The number of aromatic nitrogens is 4. The molecule has 3 heterocycles. The van der Waals surface area contributed by atoms with E-state index in [9.17, 15) is 9.59 Å². The molecule has 5 rings (SSSR count). The summed E-state index contributed by atoms with van der Waals surface area (Å²) in [7, 11) is 0. The third-order valence-electron chi connectivity index (χ3n) is 6.07. The van der Waals surface area contributed by atoms with Gasteiger partial charge in [-0.3, -0.25) is 14.6 Å². The molecule has 0 saturated heterocycles. The summed E-state index contributed by atoms with van der Waals surface area (Å²) in [4.78, 5) is 32.9. The van der Waals surface area contributed by atoms with E-state index in [0.29, 0.717) is 28.0 Å². The summed E-state index contributed by atoms with van der Waals surface area (Å²) in [6, 6.07) is 14.1. The quantitative estimate of drug-likeness (QED) is 0.449. The van der Waals surface area contributed by atoms with Gasteiger partial charge < -0.3 is 9.73 Å². The second-order valence-electron chi connectivity index (χ2n) is 8.26. The second-order valence-corrected chi connectivity index (χ2v) is 8.70. The van der Waals surface area contributed by atoms with Crippen LogP contribution in [0, 0.1) is 6.92 Å². The van der Waals surface area contributed by atoms with Gasteiger partial charge in [0, 0.05) is 22.8 Å². The summed E-state index contributed by atoms with van der Waals surface area (Å²) in [6.07, 6.45) is 4.94. The van der Waals surface area contributed by atoms with Gasteiger partial charge in [0.05, 0.1) is 11.7 Å². The smallest absolute Gasteiger partial charge is 0.252 e. The maximum Gasteiger partial charge on any atom is 0.252 e. The largest absolute Gasteiger partial charge is 0.463 e. The Morgan fingerprint density at radius 3 is 2.61 bits per heavy atom. The first-order valence-electron chi connectivity index (χ1n) is 10.7. The molecular formula is C24H22ClN5O3. The molecular weight excluding hydrogens is 442 g/mol. The summed E-state index contributed by atoms with van der Waals surface area (Å²) in [5, 5.41) is 8.23. The number of nitrogens with zero attached hydrogens (tertiary/aromatic N) is 3. The van der Waals surface area contributed by atoms with Gasteiger partial charge in [0.1, 0.15) is 11.5 Å². The summed E-state index contributed by atoms with van der Waals surface area (Å²) in [6.45, 7) is 1.72. The van der Waals surface area contributed by atoms with Gasteiger partial charge in [-0.15, -0.1) is 0 Å². The predicted molar refractivity (Wildman–Crippen MR) is 125 cm³/mol. The van der Waals surface area contributed by atoms with Crippen LogP contribution in [0.5, 0.6) is 0 Å². The maximum atomic E-state index is 13.7. The molecule has 0 spiro atoms.